The lowest BCUT2D eigenvalue weighted by atomic mass is 9.73. The second kappa shape index (κ2) is 26.9. The highest BCUT2D eigenvalue weighted by Crippen LogP contribution is 2.58. The first-order valence-corrected chi connectivity index (χ1v) is 39.0. The summed E-state index contributed by atoms with van der Waals surface area (Å²) in [5.41, 5.74) is 33.3. The average molecular weight is 1430 g/mol. The lowest BCUT2D eigenvalue weighted by molar-refractivity contribution is 0.714. The summed E-state index contributed by atoms with van der Waals surface area (Å²) in [5.74, 6) is 0. The van der Waals surface area contributed by atoms with Crippen molar-refractivity contribution in [3.8, 4) is 89.0 Å². The van der Waals surface area contributed by atoms with E-state index in [2.05, 4.69) is 448 Å². The minimum Gasteiger partial charge on any atom is -0.311 e. The van der Waals surface area contributed by atoms with Crippen molar-refractivity contribution in [2.24, 2.45) is 0 Å². The molecular weight excluding hydrogens is 1350 g/mol. The van der Waals surface area contributed by atoms with Crippen molar-refractivity contribution < 1.29 is 0 Å². The summed E-state index contributed by atoms with van der Waals surface area (Å²) in [4.78, 5) is 4.79. The molecular formula is C110H76N2. The van der Waals surface area contributed by atoms with Crippen molar-refractivity contribution in [3.05, 3.63) is 458 Å². The molecule has 0 bridgehead atoms. The molecule has 0 N–H and O–H groups in total. The third-order valence-corrected chi connectivity index (χ3v) is 24.4. The van der Waals surface area contributed by atoms with E-state index in [4.69, 9.17) is 0 Å². The lowest BCUT2D eigenvalue weighted by Crippen LogP contribution is -2.22. The minimum absolute atomic E-state index is 0.272. The fourth-order valence-electron chi connectivity index (χ4n) is 18.7. The van der Waals surface area contributed by atoms with Crippen molar-refractivity contribution in [1.29, 1.82) is 0 Å². The van der Waals surface area contributed by atoms with Crippen molar-refractivity contribution >= 4 is 77.2 Å². The molecule has 0 saturated heterocycles. The maximum Gasteiger partial charge on any atom is 0.0468 e. The van der Waals surface area contributed by atoms with Gasteiger partial charge in [-0.15, -0.1) is 0 Å². The maximum absolute atomic E-state index is 2.44. The van der Waals surface area contributed by atoms with Gasteiger partial charge in [-0.1, -0.05) is 334 Å². The van der Waals surface area contributed by atoms with Crippen molar-refractivity contribution in [3.63, 3.8) is 0 Å². The topological polar surface area (TPSA) is 6.48 Å². The first-order valence-electron chi connectivity index (χ1n) is 39.0. The Labute approximate surface area is 654 Å². The number of benzene rings is 19. The van der Waals surface area contributed by atoms with E-state index < -0.39 is 5.41 Å². The number of nitrogens with zero attached hydrogens (tertiary/aromatic N) is 2. The quantitative estimate of drug-likeness (QED) is 0.107. The maximum atomic E-state index is 2.44. The molecule has 0 aliphatic heterocycles. The predicted octanol–water partition coefficient (Wildman–Crippen LogP) is 29.9. The zero-order valence-electron chi connectivity index (χ0n) is 62.3. The third-order valence-electron chi connectivity index (χ3n) is 24.4. The standard InChI is InChI=1S/C110H76N2/c1-109(87-29-4-3-5-30-87)103-39-14-12-33-101(103)107-99(37-19-41-105(107)109)80-54-65-93(66-55-80)112(94-67-47-74-22-7-9-25-83(74)72-94)92-61-50-78(51-62-92)97-36-18-28-86-70-85(56-68-98(86)97)82-27-16-31-88(71-82)110(2)104-40-15-13-34-102(104)108-100(38-20-42-106(108)110)79-52-63-91(64-53-79)111(89-57-45-75(46-58-89)84-44-43-73-21-6-8-24-81(73)69-84)90-59-48-77(49-60-90)96-35-17-26-76-23-10-11-32-95(76)96/h3-72H,1-2H3. The van der Waals surface area contributed by atoms with Crippen molar-refractivity contribution in [2.45, 2.75) is 24.7 Å². The van der Waals surface area contributed by atoms with E-state index in [9.17, 15) is 0 Å². The molecule has 0 radical (unpaired) electrons. The highest BCUT2D eigenvalue weighted by Gasteiger charge is 2.43. The number of anilines is 6. The Balaban J connectivity index is 0.583. The zero-order valence-corrected chi connectivity index (χ0v) is 62.3. The third kappa shape index (κ3) is 11.0. The van der Waals surface area contributed by atoms with Crippen molar-refractivity contribution in [2.75, 3.05) is 9.80 Å². The Kier molecular flexibility index (Phi) is 15.9. The summed E-state index contributed by atoms with van der Waals surface area (Å²) >= 11 is 0. The fourth-order valence-corrected chi connectivity index (χ4v) is 18.7. The van der Waals surface area contributed by atoms with Gasteiger partial charge in [-0.25, -0.2) is 0 Å². The number of rotatable bonds is 14. The first-order chi connectivity index (χ1) is 55.3. The molecule has 112 heavy (non-hydrogen) atoms. The van der Waals surface area contributed by atoms with Crippen molar-refractivity contribution in [1.82, 2.24) is 0 Å². The van der Waals surface area contributed by atoms with Crippen LogP contribution >= 0.6 is 0 Å². The summed E-state index contributed by atoms with van der Waals surface area (Å²) in [6, 6.07) is 158. The van der Waals surface area contributed by atoms with Crippen LogP contribution in [0, 0.1) is 0 Å². The van der Waals surface area contributed by atoms with Crippen LogP contribution < -0.4 is 9.80 Å². The second-order valence-corrected chi connectivity index (χ2v) is 30.5. The molecule has 526 valence electrons. The molecule has 0 amide bonds. The molecule has 21 rings (SSSR count). The molecule has 2 nitrogen and oxygen atoms in total. The Morgan fingerprint density at radius 3 is 1.05 bits per heavy atom. The summed E-state index contributed by atoms with van der Waals surface area (Å²) in [5, 5.41) is 9.80. The smallest absolute Gasteiger partial charge is 0.0468 e. The van der Waals surface area contributed by atoms with Crippen LogP contribution in [0.15, 0.2) is 425 Å². The van der Waals surface area contributed by atoms with E-state index in [0.717, 1.165) is 34.1 Å². The van der Waals surface area contributed by atoms with Crippen LogP contribution in [0.25, 0.3) is 132 Å². The molecule has 19 aromatic rings. The van der Waals surface area contributed by atoms with Gasteiger partial charge in [-0.3, -0.25) is 0 Å². The summed E-state index contributed by atoms with van der Waals surface area (Å²) in [7, 11) is 0. The van der Waals surface area contributed by atoms with E-state index in [1.807, 2.05) is 0 Å². The average Bonchev–Trinajstić information content (AvgIpc) is 1.55. The van der Waals surface area contributed by atoms with Gasteiger partial charge in [0.15, 0.2) is 0 Å². The van der Waals surface area contributed by atoms with Crippen LogP contribution in [-0.4, -0.2) is 0 Å². The molecule has 0 aromatic heterocycles. The minimum atomic E-state index is -0.433. The van der Waals surface area contributed by atoms with Crippen LogP contribution in [0.3, 0.4) is 0 Å². The number of fused-ring (bicyclic) bond motifs is 10. The lowest BCUT2D eigenvalue weighted by Gasteiger charge is -2.29. The summed E-state index contributed by atoms with van der Waals surface area (Å²) < 4.78 is 0. The van der Waals surface area contributed by atoms with Gasteiger partial charge >= 0.3 is 0 Å². The van der Waals surface area contributed by atoms with Gasteiger partial charge in [-0.05, 0) is 270 Å². The van der Waals surface area contributed by atoms with Gasteiger partial charge in [0.05, 0.1) is 0 Å². The van der Waals surface area contributed by atoms with Gasteiger partial charge in [0, 0.05) is 45.0 Å². The first kappa shape index (κ1) is 66.1. The Morgan fingerprint density at radius 2 is 0.491 bits per heavy atom. The Bertz CT molecular complexity index is 6870. The van der Waals surface area contributed by atoms with Crippen LogP contribution in [0.1, 0.15) is 47.2 Å². The normalized spacial score (nSPS) is 14.6. The number of hydrogen-bond donors (Lipinski definition) is 0. The summed E-state index contributed by atoms with van der Waals surface area (Å²) in [6.45, 7) is 4.83. The summed E-state index contributed by atoms with van der Waals surface area (Å²) in [6.07, 6.45) is 0. The van der Waals surface area contributed by atoms with Crippen LogP contribution in [0.4, 0.5) is 34.1 Å². The van der Waals surface area contributed by atoms with Crippen LogP contribution in [0.5, 0.6) is 0 Å². The molecule has 2 aliphatic carbocycles. The zero-order chi connectivity index (χ0) is 74.4. The SMILES string of the molecule is CC1(c2ccccc2)c2ccccc2-c2c(-c3ccc(N(c4ccc(-c5cccc6cc(-c7cccc(C8(C)c9ccccc9-c9c(-c%10ccc(N(c%11ccc(-c%12ccc%13ccccc%13c%12)cc%11)c%11ccc(-c%12cccc%13ccccc%12%13)cc%11)cc%10)cccc98)c7)ccc56)cc4)c4ccc5ccccc5c4)cc3)cccc21. The van der Waals surface area contributed by atoms with Gasteiger partial charge in [-0.2, -0.15) is 0 Å². The molecule has 0 fully saturated rings. The van der Waals surface area contributed by atoms with E-state index in [0.29, 0.717) is 0 Å². The van der Waals surface area contributed by atoms with E-state index in [-0.39, 0.29) is 5.41 Å². The van der Waals surface area contributed by atoms with Crippen LogP contribution in [0.2, 0.25) is 0 Å². The highest BCUT2D eigenvalue weighted by atomic mass is 15.1. The van der Waals surface area contributed by atoms with Gasteiger partial charge in [0.25, 0.3) is 0 Å². The molecule has 0 saturated carbocycles. The van der Waals surface area contributed by atoms with Crippen LogP contribution in [-0.2, 0) is 10.8 Å². The Hall–Kier alpha value is -14.2. The highest BCUT2D eigenvalue weighted by molar-refractivity contribution is 6.02. The molecule has 0 heterocycles. The van der Waals surface area contributed by atoms with E-state index in [1.54, 1.807) is 0 Å². The molecule has 2 atom stereocenters. The molecule has 2 heteroatoms. The van der Waals surface area contributed by atoms with E-state index in [1.165, 1.54) is 165 Å². The van der Waals surface area contributed by atoms with Gasteiger partial charge in [0.1, 0.15) is 0 Å². The second-order valence-electron chi connectivity index (χ2n) is 30.5. The molecule has 2 unspecified atom stereocenters. The molecule has 2 aliphatic rings. The molecule has 0 spiro atoms. The van der Waals surface area contributed by atoms with E-state index >= 15 is 0 Å². The largest absolute Gasteiger partial charge is 0.311 e. The number of hydrogen-bond acceptors (Lipinski definition) is 2. The van der Waals surface area contributed by atoms with Gasteiger partial charge < -0.3 is 9.80 Å². The van der Waals surface area contributed by atoms with Gasteiger partial charge in [0.2, 0.25) is 0 Å². The fraction of sp³-hybridized carbons (Fsp3) is 0.0364. The Morgan fingerprint density at radius 1 is 0.170 bits per heavy atom. The predicted molar refractivity (Wildman–Crippen MR) is 473 cm³/mol. The monoisotopic (exact) mass is 1420 g/mol. The molecule has 19 aromatic carbocycles.